The molecule has 0 amide bonds. The van der Waals surface area contributed by atoms with E-state index in [9.17, 15) is 8.78 Å². The first-order valence-corrected chi connectivity index (χ1v) is 4.96. The molecule has 1 unspecified atom stereocenters. The molecule has 1 heterocycles. The monoisotopic (exact) mass is 223 g/mol. The van der Waals surface area contributed by atoms with E-state index >= 15 is 0 Å². The molecule has 0 saturated carbocycles. The van der Waals surface area contributed by atoms with Crippen molar-refractivity contribution in [3.05, 3.63) is 47.7 Å². The fraction of sp³-hybridized carbons (Fsp3) is 0.250. The van der Waals surface area contributed by atoms with Crippen molar-refractivity contribution < 1.29 is 13.9 Å². The van der Waals surface area contributed by atoms with Crippen LogP contribution in [0.2, 0.25) is 0 Å². The lowest BCUT2D eigenvalue weighted by molar-refractivity contribution is 0.274. The minimum atomic E-state index is -0.886. The summed E-state index contributed by atoms with van der Waals surface area (Å²) in [4.78, 5) is 3.95. The minimum Gasteiger partial charge on any atom is -0.396 e. The van der Waals surface area contributed by atoms with Crippen LogP contribution in [-0.4, -0.2) is 17.9 Å². The van der Waals surface area contributed by atoms with Crippen molar-refractivity contribution in [2.75, 3.05) is 6.61 Å². The lowest BCUT2D eigenvalue weighted by atomic mass is 9.79. The van der Waals surface area contributed by atoms with Gasteiger partial charge in [0.2, 0.25) is 0 Å². The molecule has 0 fully saturated rings. The summed E-state index contributed by atoms with van der Waals surface area (Å²) in [5.41, 5.74) is -0.0125. The van der Waals surface area contributed by atoms with E-state index in [0.717, 1.165) is 12.1 Å². The van der Waals surface area contributed by atoms with Crippen molar-refractivity contribution in [2.24, 2.45) is 4.99 Å². The molecule has 0 aromatic heterocycles. The van der Waals surface area contributed by atoms with Gasteiger partial charge in [-0.15, -0.1) is 0 Å². The first-order chi connectivity index (χ1) is 7.68. The van der Waals surface area contributed by atoms with Gasteiger partial charge in [0.05, 0.1) is 5.41 Å². The predicted molar refractivity (Wildman–Crippen MR) is 57.4 cm³/mol. The zero-order chi connectivity index (χ0) is 11.6. The second kappa shape index (κ2) is 4.14. The Morgan fingerprint density at radius 3 is 2.62 bits per heavy atom. The fourth-order valence-corrected chi connectivity index (χ4v) is 1.83. The van der Waals surface area contributed by atoms with Crippen LogP contribution in [0.3, 0.4) is 0 Å². The minimum absolute atomic E-state index is 0.0463. The van der Waals surface area contributed by atoms with E-state index in [-0.39, 0.29) is 6.61 Å². The molecule has 84 valence electrons. The van der Waals surface area contributed by atoms with Crippen molar-refractivity contribution in [1.82, 2.24) is 0 Å². The molecule has 4 heteroatoms. The van der Waals surface area contributed by atoms with Crippen molar-refractivity contribution in [1.29, 1.82) is 0 Å². The van der Waals surface area contributed by atoms with Gasteiger partial charge >= 0.3 is 0 Å². The van der Waals surface area contributed by atoms with Gasteiger partial charge in [0.1, 0.15) is 0 Å². The number of halogens is 2. The van der Waals surface area contributed by atoms with Crippen LogP contribution in [0.25, 0.3) is 0 Å². The molecule has 1 aliphatic heterocycles. The number of aliphatic imine (C=N–C) groups is 1. The molecule has 0 aliphatic carbocycles. The first kappa shape index (κ1) is 11.0. The Hall–Kier alpha value is -1.55. The average molecular weight is 223 g/mol. The summed E-state index contributed by atoms with van der Waals surface area (Å²) in [5.74, 6) is -1.76. The number of aliphatic hydroxyl groups excluding tert-OH is 1. The normalized spacial score (nSPS) is 22.9. The number of hydrogen-bond acceptors (Lipinski definition) is 2. The van der Waals surface area contributed by atoms with Gasteiger partial charge in [0.25, 0.3) is 0 Å². The van der Waals surface area contributed by atoms with E-state index in [1.165, 1.54) is 6.07 Å². The van der Waals surface area contributed by atoms with Crippen molar-refractivity contribution in [3.8, 4) is 0 Å². The Morgan fingerprint density at radius 1 is 1.25 bits per heavy atom. The summed E-state index contributed by atoms with van der Waals surface area (Å²) in [5, 5.41) is 9.01. The molecule has 0 radical (unpaired) electrons. The number of hydrogen-bond donors (Lipinski definition) is 1. The molecule has 2 nitrogen and oxygen atoms in total. The van der Waals surface area contributed by atoms with E-state index < -0.39 is 17.0 Å². The van der Waals surface area contributed by atoms with Gasteiger partial charge in [0, 0.05) is 19.0 Å². The zero-order valence-electron chi connectivity index (χ0n) is 8.53. The van der Waals surface area contributed by atoms with E-state index in [1.54, 1.807) is 18.5 Å². The highest BCUT2D eigenvalue weighted by molar-refractivity contribution is 5.79. The number of nitrogens with zero attached hydrogens (tertiary/aromatic N) is 1. The topological polar surface area (TPSA) is 32.6 Å². The maximum absolute atomic E-state index is 13.1. The van der Waals surface area contributed by atoms with Gasteiger partial charge < -0.3 is 5.11 Å². The van der Waals surface area contributed by atoms with Gasteiger partial charge in [0.15, 0.2) is 11.6 Å². The van der Waals surface area contributed by atoms with Crippen LogP contribution in [0.1, 0.15) is 12.0 Å². The van der Waals surface area contributed by atoms with E-state index in [4.69, 9.17) is 5.11 Å². The smallest absolute Gasteiger partial charge is 0.159 e. The quantitative estimate of drug-likeness (QED) is 0.837. The van der Waals surface area contributed by atoms with Crippen LogP contribution in [-0.2, 0) is 5.41 Å². The maximum Gasteiger partial charge on any atom is 0.159 e. The van der Waals surface area contributed by atoms with Gasteiger partial charge in [-0.05, 0) is 24.1 Å². The fourth-order valence-electron chi connectivity index (χ4n) is 1.83. The molecule has 16 heavy (non-hydrogen) atoms. The van der Waals surface area contributed by atoms with Crippen LogP contribution >= 0.6 is 0 Å². The summed E-state index contributed by atoms with van der Waals surface area (Å²) < 4.78 is 26.0. The molecular formula is C12H11F2NO. The third kappa shape index (κ3) is 1.76. The van der Waals surface area contributed by atoms with Crippen LogP contribution < -0.4 is 0 Å². The SMILES string of the molecule is OCCC1(c2ccc(F)c(F)c2)C=CN=C1. The molecule has 0 saturated heterocycles. The molecule has 1 N–H and O–H groups in total. The van der Waals surface area contributed by atoms with E-state index in [0.29, 0.717) is 12.0 Å². The Kier molecular flexibility index (Phi) is 2.83. The van der Waals surface area contributed by atoms with Crippen molar-refractivity contribution in [2.45, 2.75) is 11.8 Å². The van der Waals surface area contributed by atoms with E-state index in [2.05, 4.69) is 4.99 Å². The highest BCUT2D eigenvalue weighted by Crippen LogP contribution is 2.31. The first-order valence-electron chi connectivity index (χ1n) is 4.96. The largest absolute Gasteiger partial charge is 0.396 e. The van der Waals surface area contributed by atoms with Crippen LogP contribution in [0, 0.1) is 11.6 Å². The second-order valence-corrected chi connectivity index (χ2v) is 3.74. The van der Waals surface area contributed by atoms with Gasteiger partial charge in [-0.2, -0.15) is 0 Å². The standard InChI is InChI=1S/C12H11F2NO/c13-10-2-1-9(7-11(10)14)12(4-6-16)3-5-15-8-12/h1-3,5,7-8,16H,4,6H2. The molecule has 0 bridgehead atoms. The maximum atomic E-state index is 13.1. The lowest BCUT2D eigenvalue weighted by Crippen LogP contribution is -2.25. The highest BCUT2D eigenvalue weighted by atomic mass is 19.2. The molecule has 1 aliphatic rings. The number of aliphatic hydroxyl groups is 1. The average Bonchev–Trinajstić information content (AvgIpc) is 2.72. The molecule has 1 atom stereocenters. The van der Waals surface area contributed by atoms with Crippen LogP contribution in [0.4, 0.5) is 8.78 Å². The molecule has 2 rings (SSSR count). The Morgan fingerprint density at radius 2 is 2.06 bits per heavy atom. The number of allylic oxidation sites excluding steroid dienone is 1. The third-order valence-electron chi connectivity index (χ3n) is 2.75. The molecule has 0 spiro atoms. The zero-order valence-corrected chi connectivity index (χ0v) is 8.53. The van der Waals surface area contributed by atoms with Crippen molar-refractivity contribution >= 4 is 6.21 Å². The van der Waals surface area contributed by atoms with Gasteiger partial charge in [-0.1, -0.05) is 12.1 Å². The number of rotatable bonds is 3. The predicted octanol–water partition coefficient (Wildman–Crippen LogP) is 2.18. The number of benzene rings is 1. The Bertz CT molecular complexity index is 442. The van der Waals surface area contributed by atoms with Crippen molar-refractivity contribution in [3.63, 3.8) is 0 Å². The van der Waals surface area contributed by atoms with Crippen LogP contribution in [0.5, 0.6) is 0 Å². The van der Waals surface area contributed by atoms with Crippen LogP contribution in [0.15, 0.2) is 35.5 Å². The third-order valence-corrected chi connectivity index (χ3v) is 2.75. The van der Waals surface area contributed by atoms with Gasteiger partial charge in [-0.25, -0.2) is 8.78 Å². The molecule has 1 aromatic carbocycles. The summed E-state index contributed by atoms with van der Waals surface area (Å²) in [6.07, 6.45) is 5.40. The summed E-state index contributed by atoms with van der Waals surface area (Å²) in [6.45, 7) is -0.0463. The highest BCUT2D eigenvalue weighted by Gasteiger charge is 2.29. The van der Waals surface area contributed by atoms with E-state index in [1.807, 2.05) is 0 Å². The summed E-state index contributed by atoms with van der Waals surface area (Å²) in [6, 6.07) is 3.74. The Labute approximate surface area is 91.9 Å². The molecular weight excluding hydrogens is 212 g/mol. The summed E-state index contributed by atoms with van der Waals surface area (Å²) in [7, 11) is 0. The molecule has 1 aromatic rings. The Balaban J connectivity index is 2.44. The van der Waals surface area contributed by atoms with Gasteiger partial charge in [-0.3, -0.25) is 4.99 Å². The second-order valence-electron chi connectivity index (χ2n) is 3.74. The summed E-state index contributed by atoms with van der Waals surface area (Å²) >= 11 is 0. The lowest BCUT2D eigenvalue weighted by Gasteiger charge is -2.23.